The van der Waals surface area contributed by atoms with Crippen LogP contribution < -0.4 is 5.32 Å². The lowest BCUT2D eigenvalue weighted by Gasteiger charge is -2.40. The molecule has 0 radical (unpaired) electrons. The molecule has 0 spiro atoms. The Labute approximate surface area is 120 Å². The van der Waals surface area contributed by atoms with Crippen molar-refractivity contribution in [3.05, 3.63) is 18.1 Å². The van der Waals surface area contributed by atoms with E-state index in [1.54, 1.807) is 12.4 Å². The summed E-state index contributed by atoms with van der Waals surface area (Å²) in [5.74, 6) is 1.76. The fourth-order valence-corrected chi connectivity index (χ4v) is 2.84. The van der Waals surface area contributed by atoms with Crippen molar-refractivity contribution in [2.75, 3.05) is 18.4 Å². The largest absolute Gasteiger partial charge is 0.369 e. The predicted octanol–water partition coefficient (Wildman–Crippen LogP) is 2.42. The van der Waals surface area contributed by atoms with E-state index < -0.39 is 0 Å². The average Bonchev–Trinajstić information content (AvgIpc) is 2.43. The number of aromatic nitrogens is 2. The quantitative estimate of drug-likeness (QED) is 0.921. The summed E-state index contributed by atoms with van der Waals surface area (Å²) in [4.78, 5) is 23.0. The minimum absolute atomic E-state index is 0.00792. The predicted molar refractivity (Wildman–Crippen MR) is 79.6 cm³/mol. The van der Waals surface area contributed by atoms with E-state index in [4.69, 9.17) is 0 Å². The molecule has 1 aromatic rings. The van der Waals surface area contributed by atoms with E-state index >= 15 is 0 Å². The number of rotatable bonds is 3. The first-order valence-corrected chi connectivity index (χ1v) is 7.39. The molecule has 5 heteroatoms. The molecule has 5 nitrogen and oxygen atoms in total. The van der Waals surface area contributed by atoms with E-state index in [-0.39, 0.29) is 11.9 Å². The summed E-state index contributed by atoms with van der Waals surface area (Å²) in [6.07, 6.45) is 4.37. The highest BCUT2D eigenvalue weighted by Gasteiger charge is 2.32. The van der Waals surface area contributed by atoms with E-state index in [0.29, 0.717) is 23.3 Å². The second-order valence-corrected chi connectivity index (χ2v) is 5.83. The molecule has 0 aliphatic carbocycles. The number of likely N-dealkylation sites (tertiary alicyclic amines) is 1. The highest BCUT2D eigenvalue weighted by atomic mass is 16.2. The van der Waals surface area contributed by atoms with E-state index in [0.717, 1.165) is 13.1 Å². The molecule has 1 fully saturated rings. The molecule has 3 atom stereocenters. The van der Waals surface area contributed by atoms with Crippen LogP contribution in [-0.2, 0) is 0 Å². The molecule has 1 amide bonds. The smallest absolute Gasteiger partial charge is 0.274 e. The van der Waals surface area contributed by atoms with Gasteiger partial charge in [-0.15, -0.1) is 0 Å². The minimum atomic E-state index is -0.00792. The van der Waals surface area contributed by atoms with Crippen molar-refractivity contribution in [1.82, 2.24) is 14.9 Å². The van der Waals surface area contributed by atoms with Crippen LogP contribution in [0.1, 0.15) is 44.6 Å². The van der Waals surface area contributed by atoms with Crippen LogP contribution >= 0.6 is 0 Å². The Morgan fingerprint density at radius 3 is 2.70 bits per heavy atom. The first-order chi connectivity index (χ1) is 9.52. The summed E-state index contributed by atoms with van der Waals surface area (Å²) < 4.78 is 0. The molecular formula is C15H24N4O. The van der Waals surface area contributed by atoms with Crippen LogP contribution in [0, 0.1) is 11.8 Å². The van der Waals surface area contributed by atoms with Crippen LogP contribution in [0.4, 0.5) is 5.82 Å². The average molecular weight is 276 g/mol. The normalized spacial score (nSPS) is 26.4. The van der Waals surface area contributed by atoms with Crippen LogP contribution in [-0.4, -0.2) is 39.9 Å². The Balaban J connectivity index is 2.13. The Kier molecular flexibility index (Phi) is 4.57. The lowest BCUT2D eigenvalue weighted by atomic mass is 9.86. The summed E-state index contributed by atoms with van der Waals surface area (Å²) >= 11 is 0. The molecule has 1 saturated heterocycles. The van der Waals surface area contributed by atoms with Crippen molar-refractivity contribution in [3.63, 3.8) is 0 Å². The summed E-state index contributed by atoms with van der Waals surface area (Å²) in [6.45, 7) is 10.1. The van der Waals surface area contributed by atoms with Crippen LogP contribution in [0.3, 0.4) is 0 Å². The van der Waals surface area contributed by atoms with Gasteiger partial charge in [0, 0.05) is 19.1 Å². The van der Waals surface area contributed by atoms with E-state index in [1.807, 2.05) is 11.8 Å². The maximum atomic E-state index is 12.6. The molecule has 1 aliphatic rings. The maximum Gasteiger partial charge on any atom is 0.274 e. The zero-order valence-electron chi connectivity index (χ0n) is 12.8. The minimum Gasteiger partial charge on any atom is -0.369 e. The molecule has 1 N–H and O–H groups in total. The number of hydrogen-bond acceptors (Lipinski definition) is 4. The third-order valence-corrected chi connectivity index (χ3v) is 4.09. The molecule has 0 saturated carbocycles. The fourth-order valence-electron chi connectivity index (χ4n) is 2.84. The molecule has 2 heterocycles. The molecule has 0 bridgehead atoms. The van der Waals surface area contributed by atoms with Crippen LogP contribution in [0.15, 0.2) is 12.4 Å². The van der Waals surface area contributed by atoms with Gasteiger partial charge in [0.05, 0.1) is 12.4 Å². The molecule has 3 unspecified atom stereocenters. The van der Waals surface area contributed by atoms with Crippen molar-refractivity contribution in [1.29, 1.82) is 0 Å². The van der Waals surface area contributed by atoms with Crippen molar-refractivity contribution < 1.29 is 4.79 Å². The molecule has 20 heavy (non-hydrogen) atoms. The van der Waals surface area contributed by atoms with Crippen molar-refractivity contribution in [2.45, 2.75) is 40.2 Å². The topological polar surface area (TPSA) is 58.1 Å². The summed E-state index contributed by atoms with van der Waals surface area (Å²) in [7, 11) is 0. The number of hydrogen-bond donors (Lipinski definition) is 1. The number of nitrogens with zero attached hydrogens (tertiary/aromatic N) is 3. The van der Waals surface area contributed by atoms with Crippen LogP contribution in [0.5, 0.6) is 0 Å². The van der Waals surface area contributed by atoms with Gasteiger partial charge in [-0.25, -0.2) is 9.97 Å². The Hall–Kier alpha value is -1.65. The number of anilines is 1. The summed E-state index contributed by atoms with van der Waals surface area (Å²) in [6, 6.07) is 0.258. The fraction of sp³-hybridized carbons (Fsp3) is 0.667. The van der Waals surface area contributed by atoms with Crippen LogP contribution in [0.25, 0.3) is 0 Å². The summed E-state index contributed by atoms with van der Waals surface area (Å²) in [5.41, 5.74) is 0.430. The van der Waals surface area contributed by atoms with Gasteiger partial charge >= 0.3 is 0 Å². The number of nitrogens with one attached hydrogen (secondary N) is 1. The zero-order chi connectivity index (χ0) is 14.7. The van der Waals surface area contributed by atoms with Crippen molar-refractivity contribution in [3.8, 4) is 0 Å². The number of amides is 1. The highest BCUT2D eigenvalue weighted by Crippen LogP contribution is 2.27. The Bertz CT molecular complexity index is 459. The van der Waals surface area contributed by atoms with E-state index in [1.165, 1.54) is 6.42 Å². The SMILES string of the molecule is CCNc1cnc(C(=O)N2CC(C)CC(C)C2C)cn1. The van der Waals surface area contributed by atoms with Crippen LogP contribution in [0.2, 0.25) is 0 Å². The molecule has 1 aliphatic heterocycles. The van der Waals surface area contributed by atoms with Gasteiger partial charge in [-0.3, -0.25) is 4.79 Å². The standard InChI is InChI=1S/C15H24N4O/c1-5-16-14-8-17-13(7-18-14)15(20)19-9-10(2)6-11(3)12(19)4/h7-8,10-12H,5-6,9H2,1-4H3,(H,16,18). The molecule has 2 rings (SSSR count). The van der Waals surface area contributed by atoms with Gasteiger partial charge in [-0.2, -0.15) is 0 Å². The monoisotopic (exact) mass is 276 g/mol. The van der Waals surface area contributed by atoms with Gasteiger partial charge in [0.2, 0.25) is 0 Å². The van der Waals surface area contributed by atoms with Gasteiger partial charge in [0.15, 0.2) is 0 Å². The number of piperidine rings is 1. The lowest BCUT2D eigenvalue weighted by Crippen LogP contribution is -2.49. The molecule has 1 aromatic heterocycles. The molecule has 110 valence electrons. The van der Waals surface area contributed by atoms with E-state index in [9.17, 15) is 4.79 Å². The first kappa shape index (κ1) is 14.8. The Morgan fingerprint density at radius 1 is 1.35 bits per heavy atom. The van der Waals surface area contributed by atoms with E-state index in [2.05, 4.69) is 36.1 Å². The van der Waals surface area contributed by atoms with Crippen molar-refractivity contribution in [2.24, 2.45) is 11.8 Å². The molecule has 0 aromatic carbocycles. The third kappa shape index (κ3) is 3.08. The third-order valence-electron chi connectivity index (χ3n) is 4.09. The highest BCUT2D eigenvalue weighted by molar-refractivity contribution is 5.92. The summed E-state index contributed by atoms with van der Waals surface area (Å²) in [5, 5.41) is 3.08. The number of carbonyl (C=O) groups excluding carboxylic acids is 1. The van der Waals surface area contributed by atoms with Crippen molar-refractivity contribution >= 4 is 11.7 Å². The first-order valence-electron chi connectivity index (χ1n) is 7.39. The number of carbonyl (C=O) groups is 1. The zero-order valence-corrected chi connectivity index (χ0v) is 12.8. The molecular weight excluding hydrogens is 252 g/mol. The maximum absolute atomic E-state index is 12.6. The Morgan fingerprint density at radius 2 is 2.10 bits per heavy atom. The second kappa shape index (κ2) is 6.20. The van der Waals surface area contributed by atoms with Gasteiger partial charge in [-0.05, 0) is 32.1 Å². The van der Waals surface area contributed by atoms with Gasteiger partial charge in [0.25, 0.3) is 5.91 Å². The van der Waals surface area contributed by atoms with Gasteiger partial charge in [0.1, 0.15) is 11.5 Å². The van der Waals surface area contributed by atoms with Gasteiger partial charge < -0.3 is 10.2 Å². The van der Waals surface area contributed by atoms with Gasteiger partial charge in [-0.1, -0.05) is 13.8 Å². The lowest BCUT2D eigenvalue weighted by molar-refractivity contribution is 0.0449. The second-order valence-electron chi connectivity index (χ2n) is 5.83.